The number of hydrogen-bond donors (Lipinski definition) is 1. The van der Waals surface area contributed by atoms with Crippen LogP contribution in [0.4, 0.5) is 5.69 Å². The molecule has 1 aromatic carbocycles. The zero-order valence-electron chi connectivity index (χ0n) is 11.9. The number of nitrogens with zero attached hydrogens (tertiary/aromatic N) is 2. The maximum Gasteiger partial charge on any atom is 0.0795 e. The van der Waals surface area contributed by atoms with Crippen molar-refractivity contribution in [2.45, 2.75) is 26.4 Å². The van der Waals surface area contributed by atoms with Crippen molar-refractivity contribution in [1.29, 1.82) is 0 Å². The van der Waals surface area contributed by atoms with Crippen molar-refractivity contribution in [2.75, 3.05) is 18.5 Å². The Morgan fingerprint density at radius 1 is 1.40 bits per heavy atom. The fourth-order valence-corrected chi connectivity index (χ4v) is 2.98. The van der Waals surface area contributed by atoms with E-state index in [1.165, 1.54) is 11.3 Å². The Balaban J connectivity index is 2.13. The minimum atomic E-state index is 0.834. The second-order valence-electron chi connectivity index (χ2n) is 4.79. The highest BCUT2D eigenvalue weighted by Gasteiger charge is 2.09. The molecule has 0 unspecified atom stereocenters. The normalized spacial score (nSPS) is 10.8. The smallest absolute Gasteiger partial charge is 0.0795 e. The van der Waals surface area contributed by atoms with Crippen LogP contribution in [0.15, 0.2) is 33.6 Å². The Morgan fingerprint density at radius 2 is 2.25 bits per heavy atom. The lowest BCUT2D eigenvalue weighted by atomic mass is 10.1. The summed E-state index contributed by atoms with van der Waals surface area (Å²) in [5.74, 6) is 0. The second-order valence-corrected chi connectivity index (χ2v) is 6.42. The van der Waals surface area contributed by atoms with Crippen molar-refractivity contribution in [3.8, 4) is 0 Å². The van der Waals surface area contributed by atoms with Crippen molar-refractivity contribution in [3.05, 3.63) is 44.8 Å². The lowest BCUT2D eigenvalue weighted by molar-refractivity contribution is 0.673. The maximum absolute atomic E-state index is 4.36. The third kappa shape index (κ3) is 4.30. The number of halogens is 1. The SMILES string of the molecule is CCCNCc1ccc(Br)cc1N(C)Cc1cscn1. The van der Waals surface area contributed by atoms with Gasteiger partial charge in [0.25, 0.3) is 0 Å². The third-order valence-electron chi connectivity index (χ3n) is 3.08. The standard InChI is InChI=1S/C15H20BrN3S/c1-3-6-17-8-12-4-5-13(16)7-15(12)19(2)9-14-10-20-11-18-14/h4-5,7,10-11,17H,3,6,8-9H2,1-2H3. The molecule has 3 nitrogen and oxygen atoms in total. The molecule has 0 aliphatic carbocycles. The van der Waals surface area contributed by atoms with Gasteiger partial charge in [-0.05, 0) is 30.7 Å². The molecule has 2 rings (SSSR count). The van der Waals surface area contributed by atoms with Crippen LogP contribution in [0.1, 0.15) is 24.6 Å². The topological polar surface area (TPSA) is 28.2 Å². The average Bonchev–Trinajstić information content (AvgIpc) is 2.93. The van der Waals surface area contributed by atoms with Crippen molar-refractivity contribution < 1.29 is 0 Å². The molecule has 20 heavy (non-hydrogen) atoms. The van der Waals surface area contributed by atoms with Gasteiger partial charge >= 0.3 is 0 Å². The molecule has 1 N–H and O–H groups in total. The fourth-order valence-electron chi connectivity index (χ4n) is 2.09. The highest BCUT2D eigenvalue weighted by molar-refractivity contribution is 9.10. The fraction of sp³-hybridized carbons (Fsp3) is 0.400. The van der Waals surface area contributed by atoms with E-state index >= 15 is 0 Å². The van der Waals surface area contributed by atoms with Crippen LogP contribution in [-0.4, -0.2) is 18.6 Å². The summed E-state index contributed by atoms with van der Waals surface area (Å²) in [4.78, 5) is 6.61. The Bertz CT molecular complexity index is 528. The minimum Gasteiger partial charge on any atom is -0.368 e. The zero-order chi connectivity index (χ0) is 14.4. The molecular weight excluding hydrogens is 334 g/mol. The van der Waals surface area contributed by atoms with Gasteiger partial charge in [-0.2, -0.15) is 0 Å². The quantitative estimate of drug-likeness (QED) is 0.761. The summed E-state index contributed by atoms with van der Waals surface area (Å²) in [6, 6.07) is 6.46. The molecule has 0 saturated heterocycles. The van der Waals surface area contributed by atoms with Gasteiger partial charge in [0.15, 0.2) is 0 Å². The van der Waals surface area contributed by atoms with Gasteiger partial charge in [-0.3, -0.25) is 0 Å². The molecular formula is C15H20BrN3S. The summed E-state index contributed by atoms with van der Waals surface area (Å²) in [6.45, 7) is 4.97. The molecule has 108 valence electrons. The van der Waals surface area contributed by atoms with Crippen LogP contribution < -0.4 is 10.2 Å². The Labute approximate surface area is 133 Å². The molecule has 0 amide bonds. The van der Waals surface area contributed by atoms with Crippen molar-refractivity contribution >= 4 is 33.0 Å². The van der Waals surface area contributed by atoms with Gasteiger partial charge in [0.2, 0.25) is 0 Å². The largest absolute Gasteiger partial charge is 0.368 e. The Kier molecular flexibility index (Phi) is 6.01. The van der Waals surface area contributed by atoms with Crippen molar-refractivity contribution in [1.82, 2.24) is 10.3 Å². The van der Waals surface area contributed by atoms with Crippen LogP contribution in [0.3, 0.4) is 0 Å². The van der Waals surface area contributed by atoms with Gasteiger partial charge in [-0.25, -0.2) is 4.98 Å². The van der Waals surface area contributed by atoms with Crippen LogP contribution in [0.25, 0.3) is 0 Å². The lowest BCUT2D eigenvalue weighted by Crippen LogP contribution is -2.21. The van der Waals surface area contributed by atoms with Gasteiger partial charge in [0.05, 0.1) is 17.7 Å². The van der Waals surface area contributed by atoms with Crippen LogP contribution in [0.5, 0.6) is 0 Å². The molecule has 0 aliphatic heterocycles. The molecule has 1 heterocycles. The monoisotopic (exact) mass is 353 g/mol. The van der Waals surface area contributed by atoms with Crippen molar-refractivity contribution in [3.63, 3.8) is 0 Å². The average molecular weight is 354 g/mol. The minimum absolute atomic E-state index is 0.834. The molecule has 0 bridgehead atoms. The number of nitrogens with one attached hydrogen (secondary N) is 1. The molecule has 0 atom stereocenters. The number of hydrogen-bond acceptors (Lipinski definition) is 4. The van der Waals surface area contributed by atoms with E-state index in [9.17, 15) is 0 Å². The van der Waals surface area contributed by atoms with Gasteiger partial charge in [0, 0.05) is 29.1 Å². The van der Waals surface area contributed by atoms with Crippen LogP contribution in [0, 0.1) is 0 Å². The molecule has 1 aromatic heterocycles. The second kappa shape index (κ2) is 7.76. The van der Waals surface area contributed by atoms with E-state index in [0.29, 0.717) is 0 Å². The first-order chi connectivity index (χ1) is 9.70. The molecule has 0 spiro atoms. The molecule has 0 fully saturated rings. The predicted octanol–water partition coefficient (Wildman–Crippen LogP) is 4.04. The number of rotatable bonds is 7. The summed E-state index contributed by atoms with van der Waals surface area (Å²) in [7, 11) is 2.12. The lowest BCUT2D eigenvalue weighted by Gasteiger charge is -2.22. The van der Waals surface area contributed by atoms with Crippen LogP contribution >= 0.6 is 27.3 Å². The first-order valence-electron chi connectivity index (χ1n) is 6.78. The number of thiazole rings is 1. The summed E-state index contributed by atoms with van der Waals surface area (Å²) < 4.78 is 1.11. The van der Waals surface area contributed by atoms with E-state index in [1.54, 1.807) is 11.3 Å². The Morgan fingerprint density at radius 3 is 2.95 bits per heavy atom. The van der Waals surface area contributed by atoms with E-state index in [2.05, 4.69) is 68.7 Å². The highest BCUT2D eigenvalue weighted by atomic mass is 79.9. The first-order valence-corrected chi connectivity index (χ1v) is 8.51. The molecule has 0 radical (unpaired) electrons. The van der Waals surface area contributed by atoms with E-state index in [4.69, 9.17) is 0 Å². The first kappa shape index (κ1) is 15.5. The van der Waals surface area contributed by atoms with Crippen LogP contribution in [0.2, 0.25) is 0 Å². The van der Waals surface area contributed by atoms with Crippen LogP contribution in [-0.2, 0) is 13.1 Å². The van der Waals surface area contributed by atoms with E-state index in [-0.39, 0.29) is 0 Å². The third-order valence-corrected chi connectivity index (χ3v) is 4.21. The number of anilines is 1. The highest BCUT2D eigenvalue weighted by Crippen LogP contribution is 2.25. The molecule has 2 aromatic rings. The predicted molar refractivity (Wildman–Crippen MR) is 90.4 cm³/mol. The van der Waals surface area contributed by atoms with E-state index in [0.717, 1.165) is 36.2 Å². The Hall–Kier alpha value is -0.910. The van der Waals surface area contributed by atoms with Gasteiger partial charge in [0.1, 0.15) is 0 Å². The molecule has 5 heteroatoms. The number of benzene rings is 1. The summed E-state index contributed by atoms with van der Waals surface area (Å²) in [5, 5.41) is 5.57. The zero-order valence-corrected chi connectivity index (χ0v) is 14.3. The summed E-state index contributed by atoms with van der Waals surface area (Å²) >= 11 is 5.21. The summed E-state index contributed by atoms with van der Waals surface area (Å²) in [6.07, 6.45) is 1.15. The van der Waals surface area contributed by atoms with Gasteiger partial charge in [-0.1, -0.05) is 28.9 Å². The molecule has 0 saturated carbocycles. The molecule has 0 aliphatic rings. The van der Waals surface area contributed by atoms with Crippen molar-refractivity contribution in [2.24, 2.45) is 0 Å². The van der Waals surface area contributed by atoms with Gasteiger partial charge in [-0.15, -0.1) is 11.3 Å². The van der Waals surface area contributed by atoms with Gasteiger partial charge < -0.3 is 10.2 Å². The van der Waals surface area contributed by atoms with E-state index in [1.807, 2.05) is 5.51 Å². The number of aromatic nitrogens is 1. The summed E-state index contributed by atoms with van der Waals surface area (Å²) in [5.41, 5.74) is 5.56. The van der Waals surface area contributed by atoms with E-state index < -0.39 is 0 Å². The maximum atomic E-state index is 4.36.